The molecule has 1 heterocycles. The highest BCUT2D eigenvalue weighted by Crippen LogP contribution is 2.00. The van der Waals surface area contributed by atoms with Crippen molar-refractivity contribution in [3.8, 4) is 0 Å². The second-order valence-electron chi connectivity index (χ2n) is 1.86. The van der Waals surface area contributed by atoms with Crippen molar-refractivity contribution in [2.24, 2.45) is 0 Å². The van der Waals surface area contributed by atoms with Gasteiger partial charge < -0.3 is 4.42 Å². The van der Waals surface area contributed by atoms with Crippen molar-refractivity contribution in [1.82, 2.24) is 4.98 Å². The fraction of sp³-hybridized carbons (Fsp3) is 0.625. The molecule has 0 amide bonds. The van der Waals surface area contributed by atoms with Gasteiger partial charge in [-0.3, -0.25) is 0 Å². The maximum atomic E-state index is 5.04. The van der Waals surface area contributed by atoms with Crippen LogP contribution in [0.25, 0.3) is 0 Å². The third kappa shape index (κ3) is 4.09. The highest BCUT2D eigenvalue weighted by Gasteiger charge is 1.96. The van der Waals surface area contributed by atoms with Gasteiger partial charge in [0.1, 0.15) is 6.26 Å². The van der Waals surface area contributed by atoms with Gasteiger partial charge in [0.2, 0.25) is 0 Å². The Bertz CT molecular complexity index is 186. The van der Waals surface area contributed by atoms with Gasteiger partial charge >= 0.3 is 0 Å². The van der Waals surface area contributed by atoms with Gasteiger partial charge in [-0.15, -0.1) is 0 Å². The summed E-state index contributed by atoms with van der Waals surface area (Å²) in [6.45, 7) is 5.91. The Kier molecular flexibility index (Phi) is 6.03. The molecule has 1 aromatic heterocycles. The maximum absolute atomic E-state index is 5.04. The number of rotatable bonds is 2. The minimum absolute atomic E-state index is 0.780. The van der Waals surface area contributed by atoms with Crippen molar-refractivity contribution >= 4 is 12.6 Å². The molecular formula is C8H15NOS. The molecule has 0 saturated carbocycles. The Morgan fingerprint density at radius 1 is 1.55 bits per heavy atom. The first-order chi connectivity index (χ1) is 5.33. The van der Waals surface area contributed by atoms with Gasteiger partial charge in [-0.2, -0.15) is 12.6 Å². The molecule has 0 radical (unpaired) electrons. The first kappa shape index (κ1) is 10.6. The van der Waals surface area contributed by atoms with Gasteiger partial charge in [-0.25, -0.2) is 4.98 Å². The summed E-state index contributed by atoms with van der Waals surface area (Å²) in [7, 11) is 0. The molecule has 0 bridgehead atoms. The summed E-state index contributed by atoms with van der Waals surface area (Å²) in [6.07, 6.45) is 2.47. The van der Waals surface area contributed by atoms with Crippen LogP contribution in [0, 0.1) is 6.92 Å². The first-order valence-corrected chi connectivity index (χ1v) is 4.48. The Hall–Kier alpha value is -0.440. The van der Waals surface area contributed by atoms with Crippen LogP contribution in [0.2, 0.25) is 0 Å². The van der Waals surface area contributed by atoms with Crippen LogP contribution in [0.15, 0.2) is 10.7 Å². The number of oxazole rings is 1. The van der Waals surface area contributed by atoms with E-state index in [1.165, 1.54) is 0 Å². The van der Waals surface area contributed by atoms with Gasteiger partial charge in [0.05, 0.1) is 5.69 Å². The number of nitrogens with zero attached hydrogens (tertiary/aromatic N) is 1. The Morgan fingerprint density at radius 2 is 2.18 bits per heavy atom. The molecule has 0 aliphatic rings. The number of hydrogen-bond acceptors (Lipinski definition) is 3. The summed E-state index contributed by atoms with van der Waals surface area (Å²) in [4.78, 5) is 4.08. The summed E-state index contributed by atoms with van der Waals surface area (Å²) in [5, 5.41) is 0. The quantitative estimate of drug-likeness (QED) is 0.695. The van der Waals surface area contributed by atoms with Crippen LogP contribution in [0.5, 0.6) is 0 Å². The molecular weight excluding hydrogens is 158 g/mol. The molecule has 1 aromatic rings. The van der Waals surface area contributed by atoms with Crippen LogP contribution in [0.3, 0.4) is 0 Å². The monoisotopic (exact) mass is 173 g/mol. The molecule has 3 heteroatoms. The third-order valence-electron chi connectivity index (χ3n) is 0.992. The SMILES string of the molecule is CC.Cc1coc(CCS)n1. The standard InChI is InChI=1S/C6H9NOS.C2H6/c1-5-4-8-6(7-5)2-3-9;1-2/h4,9H,2-3H2,1H3;1-2H3. The van der Waals surface area contributed by atoms with Crippen molar-refractivity contribution in [3.63, 3.8) is 0 Å². The fourth-order valence-corrected chi connectivity index (χ4v) is 0.804. The highest BCUT2D eigenvalue weighted by atomic mass is 32.1. The second-order valence-corrected chi connectivity index (χ2v) is 2.30. The van der Waals surface area contributed by atoms with E-state index < -0.39 is 0 Å². The van der Waals surface area contributed by atoms with E-state index in [0.717, 1.165) is 23.8 Å². The molecule has 0 unspecified atom stereocenters. The van der Waals surface area contributed by atoms with Crippen LogP contribution in [0.1, 0.15) is 25.4 Å². The van der Waals surface area contributed by atoms with E-state index in [1.54, 1.807) is 6.26 Å². The van der Waals surface area contributed by atoms with E-state index in [0.29, 0.717) is 0 Å². The summed E-state index contributed by atoms with van der Waals surface area (Å²) < 4.78 is 5.04. The van der Waals surface area contributed by atoms with Gasteiger partial charge in [0.25, 0.3) is 0 Å². The lowest BCUT2D eigenvalue weighted by molar-refractivity contribution is 0.503. The molecule has 0 atom stereocenters. The molecule has 11 heavy (non-hydrogen) atoms. The van der Waals surface area contributed by atoms with Crippen molar-refractivity contribution < 1.29 is 4.42 Å². The second kappa shape index (κ2) is 6.28. The molecule has 0 spiro atoms. The largest absolute Gasteiger partial charge is 0.449 e. The number of hydrogen-bond donors (Lipinski definition) is 1. The van der Waals surface area contributed by atoms with Gasteiger partial charge in [0.15, 0.2) is 5.89 Å². The van der Waals surface area contributed by atoms with Crippen LogP contribution in [-0.2, 0) is 6.42 Å². The molecule has 0 fully saturated rings. The third-order valence-corrected chi connectivity index (χ3v) is 1.22. The molecule has 0 N–H and O–H groups in total. The Balaban J connectivity index is 0.000000461. The molecule has 64 valence electrons. The lowest BCUT2D eigenvalue weighted by Gasteiger charge is -1.84. The minimum Gasteiger partial charge on any atom is -0.449 e. The van der Waals surface area contributed by atoms with Crippen LogP contribution >= 0.6 is 12.6 Å². The van der Waals surface area contributed by atoms with Crippen molar-refractivity contribution in [3.05, 3.63) is 17.8 Å². The summed E-state index contributed by atoms with van der Waals surface area (Å²) in [5.74, 6) is 1.57. The van der Waals surface area contributed by atoms with Gasteiger partial charge in [0, 0.05) is 6.42 Å². The van der Waals surface area contributed by atoms with Crippen LogP contribution in [0.4, 0.5) is 0 Å². The predicted octanol–water partition coefficient (Wildman–Crippen LogP) is 2.48. The molecule has 2 nitrogen and oxygen atoms in total. The molecule has 0 aliphatic heterocycles. The van der Waals surface area contributed by atoms with E-state index in [9.17, 15) is 0 Å². The lowest BCUT2D eigenvalue weighted by Crippen LogP contribution is -1.84. The molecule has 1 rings (SSSR count). The summed E-state index contributed by atoms with van der Waals surface area (Å²) in [6, 6.07) is 0. The molecule has 0 aromatic carbocycles. The molecule has 0 saturated heterocycles. The van der Waals surface area contributed by atoms with Crippen LogP contribution in [-0.4, -0.2) is 10.7 Å². The van der Waals surface area contributed by atoms with E-state index in [1.807, 2.05) is 20.8 Å². The van der Waals surface area contributed by atoms with Crippen molar-refractivity contribution in [2.75, 3.05) is 5.75 Å². The highest BCUT2D eigenvalue weighted by molar-refractivity contribution is 7.80. The topological polar surface area (TPSA) is 26.0 Å². The van der Waals surface area contributed by atoms with E-state index in [-0.39, 0.29) is 0 Å². The van der Waals surface area contributed by atoms with E-state index in [4.69, 9.17) is 4.42 Å². The average molecular weight is 173 g/mol. The molecule has 0 aliphatic carbocycles. The maximum Gasteiger partial charge on any atom is 0.195 e. The zero-order valence-corrected chi connectivity index (χ0v) is 8.19. The van der Waals surface area contributed by atoms with Crippen LogP contribution < -0.4 is 0 Å². The minimum atomic E-state index is 0.780. The van der Waals surface area contributed by atoms with E-state index in [2.05, 4.69) is 17.6 Å². The van der Waals surface area contributed by atoms with Crippen molar-refractivity contribution in [2.45, 2.75) is 27.2 Å². The fourth-order valence-electron chi connectivity index (χ4n) is 0.613. The van der Waals surface area contributed by atoms with E-state index >= 15 is 0 Å². The normalized spacial score (nSPS) is 8.73. The van der Waals surface area contributed by atoms with Crippen molar-refractivity contribution in [1.29, 1.82) is 0 Å². The summed E-state index contributed by atoms with van der Waals surface area (Å²) in [5.41, 5.74) is 0.937. The first-order valence-electron chi connectivity index (χ1n) is 3.85. The number of aryl methyl sites for hydroxylation is 2. The van der Waals surface area contributed by atoms with Gasteiger partial charge in [-0.1, -0.05) is 13.8 Å². The average Bonchev–Trinajstić information content (AvgIpc) is 2.41. The Morgan fingerprint density at radius 3 is 2.55 bits per heavy atom. The van der Waals surface area contributed by atoms with Gasteiger partial charge in [-0.05, 0) is 12.7 Å². The zero-order chi connectivity index (χ0) is 8.69. The smallest absolute Gasteiger partial charge is 0.195 e. The summed E-state index contributed by atoms with van der Waals surface area (Å²) >= 11 is 4.04. The Labute approximate surface area is 73.4 Å². The predicted molar refractivity (Wildman–Crippen MR) is 50.1 cm³/mol. The zero-order valence-electron chi connectivity index (χ0n) is 7.29. The number of thiol groups is 1. The lowest BCUT2D eigenvalue weighted by atomic mass is 10.5. The number of aromatic nitrogens is 1.